The standard InChI is InChI=1S/C12H17BrFN/c1-3-12(15,4-2)8-9-5-6-11(14)10(13)7-9/h5-7H,3-4,8,15H2,1-2H3. The second kappa shape index (κ2) is 5.08. The van der Waals surface area contributed by atoms with Gasteiger partial charge in [0.05, 0.1) is 4.47 Å². The second-order valence-corrected chi connectivity index (χ2v) is 4.85. The van der Waals surface area contributed by atoms with Crippen LogP contribution >= 0.6 is 15.9 Å². The van der Waals surface area contributed by atoms with Gasteiger partial charge in [0, 0.05) is 5.54 Å². The highest BCUT2D eigenvalue weighted by Gasteiger charge is 2.20. The van der Waals surface area contributed by atoms with Gasteiger partial charge in [-0.3, -0.25) is 0 Å². The van der Waals surface area contributed by atoms with Crippen molar-refractivity contribution in [1.82, 2.24) is 0 Å². The first-order valence-electron chi connectivity index (χ1n) is 5.23. The number of benzene rings is 1. The smallest absolute Gasteiger partial charge is 0.137 e. The van der Waals surface area contributed by atoms with Gasteiger partial charge in [-0.05, 0) is 52.9 Å². The molecule has 0 radical (unpaired) electrons. The highest BCUT2D eigenvalue weighted by Crippen LogP contribution is 2.22. The summed E-state index contributed by atoms with van der Waals surface area (Å²) in [6.07, 6.45) is 2.65. The van der Waals surface area contributed by atoms with Gasteiger partial charge in [-0.2, -0.15) is 0 Å². The van der Waals surface area contributed by atoms with Gasteiger partial charge in [0.2, 0.25) is 0 Å². The lowest BCUT2D eigenvalue weighted by molar-refractivity contribution is 0.393. The maximum atomic E-state index is 13.0. The van der Waals surface area contributed by atoms with E-state index in [0.717, 1.165) is 24.8 Å². The van der Waals surface area contributed by atoms with Gasteiger partial charge in [0.25, 0.3) is 0 Å². The van der Waals surface area contributed by atoms with Crippen molar-refractivity contribution in [2.24, 2.45) is 5.73 Å². The minimum absolute atomic E-state index is 0.169. The third kappa shape index (κ3) is 3.28. The van der Waals surface area contributed by atoms with Crippen molar-refractivity contribution in [3.05, 3.63) is 34.1 Å². The van der Waals surface area contributed by atoms with E-state index in [9.17, 15) is 4.39 Å². The molecule has 0 saturated heterocycles. The zero-order chi connectivity index (χ0) is 11.5. The van der Waals surface area contributed by atoms with E-state index >= 15 is 0 Å². The van der Waals surface area contributed by atoms with Crippen LogP contribution in [-0.4, -0.2) is 5.54 Å². The van der Waals surface area contributed by atoms with Crippen molar-refractivity contribution in [2.75, 3.05) is 0 Å². The maximum absolute atomic E-state index is 13.0. The second-order valence-electron chi connectivity index (χ2n) is 3.99. The lowest BCUT2D eigenvalue weighted by Crippen LogP contribution is -2.40. The molecule has 2 N–H and O–H groups in total. The highest BCUT2D eigenvalue weighted by molar-refractivity contribution is 9.10. The van der Waals surface area contributed by atoms with Gasteiger partial charge in [-0.15, -0.1) is 0 Å². The van der Waals surface area contributed by atoms with Crippen molar-refractivity contribution >= 4 is 15.9 Å². The van der Waals surface area contributed by atoms with Crippen LogP contribution in [0.5, 0.6) is 0 Å². The summed E-state index contributed by atoms with van der Waals surface area (Å²) in [4.78, 5) is 0. The minimum atomic E-state index is -0.227. The van der Waals surface area contributed by atoms with E-state index in [4.69, 9.17) is 5.73 Å². The van der Waals surface area contributed by atoms with Crippen molar-refractivity contribution in [3.8, 4) is 0 Å². The van der Waals surface area contributed by atoms with Gasteiger partial charge in [0.1, 0.15) is 5.82 Å². The van der Waals surface area contributed by atoms with Gasteiger partial charge in [-0.1, -0.05) is 19.9 Å². The van der Waals surface area contributed by atoms with E-state index < -0.39 is 0 Å². The molecule has 84 valence electrons. The fraction of sp³-hybridized carbons (Fsp3) is 0.500. The van der Waals surface area contributed by atoms with E-state index in [2.05, 4.69) is 29.8 Å². The average molecular weight is 274 g/mol. The molecular formula is C12H17BrFN. The molecule has 1 nitrogen and oxygen atoms in total. The van der Waals surface area contributed by atoms with Crippen LogP contribution in [0.3, 0.4) is 0 Å². The molecule has 3 heteroatoms. The number of nitrogens with two attached hydrogens (primary N) is 1. The third-order valence-electron chi connectivity index (χ3n) is 2.95. The predicted molar refractivity (Wildman–Crippen MR) is 65.3 cm³/mol. The lowest BCUT2D eigenvalue weighted by atomic mass is 9.87. The van der Waals surface area contributed by atoms with E-state index in [1.54, 1.807) is 6.07 Å². The quantitative estimate of drug-likeness (QED) is 0.891. The molecule has 0 fully saturated rings. The molecule has 0 bridgehead atoms. The average Bonchev–Trinajstić information content (AvgIpc) is 2.23. The highest BCUT2D eigenvalue weighted by atomic mass is 79.9. The van der Waals surface area contributed by atoms with E-state index in [0.29, 0.717) is 4.47 Å². The lowest BCUT2D eigenvalue weighted by Gasteiger charge is -2.26. The van der Waals surface area contributed by atoms with Crippen molar-refractivity contribution in [1.29, 1.82) is 0 Å². The zero-order valence-corrected chi connectivity index (χ0v) is 10.8. The Hall–Kier alpha value is -0.410. The Morgan fingerprint density at radius 3 is 2.40 bits per heavy atom. The summed E-state index contributed by atoms with van der Waals surface area (Å²) in [6, 6.07) is 5.08. The van der Waals surface area contributed by atoms with Crippen LogP contribution in [0, 0.1) is 5.82 Å². The Labute approximate surface area is 99.0 Å². The molecule has 0 aliphatic rings. The van der Waals surface area contributed by atoms with Crippen LogP contribution in [-0.2, 0) is 6.42 Å². The Morgan fingerprint density at radius 1 is 1.33 bits per heavy atom. The molecule has 0 spiro atoms. The monoisotopic (exact) mass is 273 g/mol. The molecule has 0 amide bonds. The van der Waals surface area contributed by atoms with Crippen LogP contribution in [0.25, 0.3) is 0 Å². The van der Waals surface area contributed by atoms with Crippen LogP contribution in [0.1, 0.15) is 32.3 Å². The summed E-state index contributed by atoms with van der Waals surface area (Å²) in [5.41, 5.74) is 7.12. The summed E-state index contributed by atoms with van der Waals surface area (Å²) in [7, 11) is 0. The SMILES string of the molecule is CCC(N)(CC)Cc1ccc(F)c(Br)c1. The van der Waals surface area contributed by atoms with Crippen molar-refractivity contribution in [3.63, 3.8) is 0 Å². The summed E-state index contributed by atoms with van der Waals surface area (Å²) < 4.78 is 13.5. The summed E-state index contributed by atoms with van der Waals surface area (Å²) in [5, 5.41) is 0. The normalized spacial score (nSPS) is 11.8. The Balaban J connectivity index is 2.85. The Kier molecular flexibility index (Phi) is 4.29. The Bertz CT molecular complexity index is 334. The third-order valence-corrected chi connectivity index (χ3v) is 3.56. The van der Waals surface area contributed by atoms with Gasteiger partial charge in [0.15, 0.2) is 0 Å². The van der Waals surface area contributed by atoms with Gasteiger partial charge < -0.3 is 5.73 Å². The fourth-order valence-corrected chi connectivity index (χ4v) is 1.98. The fourth-order valence-electron chi connectivity index (χ4n) is 1.56. The molecule has 1 rings (SSSR count). The molecule has 0 atom stereocenters. The molecule has 0 aliphatic carbocycles. The van der Waals surface area contributed by atoms with Crippen molar-refractivity contribution in [2.45, 2.75) is 38.6 Å². The predicted octanol–water partition coefficient (Wildman–Crippen LogP) is 3.65. The topological polar surface area (TPSA) is 26.0 Å². The van der Waals surface area contributed by atoms with E-state index in [1.165, 1.54) is 6.07 Å². The zero-order valence-electron chi connectivity index (χ0n) is 9.19. The number of halogens is 2. The molecule has 15 heavy (non-hydrogen) atoms. The molecule has 0 saturated carbocycles. The number of rotatable bonds is 4. The number of hydrogen-bond donors (Lipinski definition) is 1. The largest absolute Gasteiger partial charge is 0.325 e. The van der Waals surface area contributed by atoms with Gasteiger partial charge in [-0.25, -0.2) is 4.39 Å². The number of hydrogen-bond acceptors (Lipinski definition) is 1. The van der Waals surface area contributed by atoms with Crippen LogP contribution in [0.4, 0.5) is 4.39 Å². The molecule has 0 aromatic heterocycles. The molecule has 1 aromatic carbocycles. The molecular weight excluding hydrogens is 257 g/mol. The van der Waals surface area contributed by atoms with E-state index in [-0.39, 0.29) is 11.4 Å². The molecule has 0 heterocycles. The van der Waals surface area contributed by atoms with Crippen LogP contribution in [0.15, 0.2) is 22.7 Å². The summed E-state index contributed by atoms with van der Waals surface area (Å²) in [5.74, 6) is -0.227. The van der Waals surface area contributed by atoms with Crippen LogP contribution in [0.2, 0.25) is 0 Å². The first-order valence-corrected chi connectivity index (χ1v) is 6.03. The molecule has 1 aromatic rings. The Morgan fingerprint density at radius 2 is 1.93 bits per heavy atom. The van der Waals surface area contributed by atoms with Crippen LogP contribution < -0.4 is 5.73 Å². The minimum Gasteiger partial charge on any atom is -0.325 e. The van der Waals surface area contributed by atoms with Crippen molar-refractivity contribution < 1.29 is 4.39 Å². The molecule has 0 unspecified atom stereocenters. The summed E-state index contributed by atoms with van der Waals surface area (Å²) >= 11 is 3.18. The first kappa shape index (κ1) is 12.7. The summed E-state index contributed by atoms with van der Waals surface area (Å²) in [6.45, 7) is 4.17. The van der Waals surface area contributed by atoms with Gasteiger partial charge >= 0.3 is 0 Å². The molecule has 0 aliphatic heterocycles. The van der Waals surface area contributed by atoms with E-state index in [1.807, 2.05) is 6.07 Å². The maximum Gasteiger partial charge on any atom is 0.137 e. The first-order chi connectivity index (χ1) is 7.00.